The maximum absolute atomic E-state index is 13.2. The summed E-state index contributed by atoms with van der Waals surface area (Å²) in [6.45, 7) is 6.62. The molecule has 0 saturated carbocycles. The Kier molecular flexibility index (Phi) is 6.28. The van der Waals surface area contributed by atoms with E-state index in [4.69, 9.17) is 9.72 Å². The minimum atomic E-state index is -0.158. The van der Waals surface area contributed by atoms with Crippen LogP contribution >= 0.6 is 11.3 Å². The number of benzene rings is 2. The third-order valence-electron chi connectivity index (χ3n) is 5.02. The third-order valence-corrected chi connectivity index (χ3v) is 6.06. The van der Waals surface area contributed by atoms with Gasteiger partial charge < -0.3 is 4.74 Å². The number of rotatable bonds is 7. The van der Waals surface area contributed by atoms with Crippen LogP contribution in [-0.4, -0.2) is 22.5 Å². The van der Waals surface area contributed by atoms with Crippen LogP contribution in [-0.2, 0) is 11.3 Å². The largest absolute Gasteiger partial charge is 0.484 e. The lowest BCUT2D eigenvalue weighted by Crippen LogP contribution is -2.34. The van der Waals surface area contributed by atoms with Crippen molar-refractivity contribution in [3.05, 3.63) is 83.7 Å². The van der Waals surface area contributed by atoms with E-state index in [1.807, 2.05) is 61.5 Å². The molecule has 0 atom stereocenters. The third kappa shape index (κ3) is 5.09. The van der Waals surface area contributed by atoms with Gasteiger partial charge in [0.25, 0.3) is 5.91 Å². The number of anilines is 1. The van der Waals surface area contributed by atoms with Crippen molar-refractivity contribution >= 4 is 32.6 Å². The summed E-state index contributed by atoms with van der Waals surface area (Å²) in [5.41, 5.74) is 4.08. The number of hydrogen-bond acceptors (Lipinski definition) is 5. The molecule has 0 N–H and O–H groups in total. The summed E-state index contributed by atoms with van der Waals surface area (Å²) in [6, 6.07) is 19.7. The van der Waals surface area contributed by atoms with Crippen molar-refractivity contribution in [2.75, 3.05) is 11.5 Å². The molecular formula is C25H25N3O2S. The molecule has 4 aromatic rings. The van der Waals surface area contributed by atoms with Gasteiger partial charge in [-0.2, -0.15) is 0 Å². The zero-order chi connectivity index (χ0) is 21.8. The second-order valence-electron chi connectivity index (χ2n) is 7.78. The Morgan fingerprint density at radius 3 is 2.61 bits per heavy atom. The molecule has 2 heterocycles. The fraction of sp³-hybridized carbons (Fsp3) is 0.240. The van der Waals surface area contributed by atoms with Crippen molar-refractivity contribution in [1.29, 1.82) is 0 Å². The number of nitrogens with zero attached hydrogens (tertiary/aromatic N) is 3. The first kappa shape index (κ1) is 21.0. The van der Waals surface area contributed by atoms with Gasteiger partial charge in [0.15, 0.2) is 11.7 Å². The summed E-state index contributed by atoms with van der Waals surface area (Å²) < 4.78 is 6.86. The summed E-state index contributed by atoms with van der Waals surface area (Å²) in [5.74, 6) is 0.969. The lowest BCUT2D eigenvalue weighted by Gasteiger charge is -2.20. The normalized spacial score (nSPS) is 11.1. The number of aromatic nitrogens is 2. The fourth-order valence-corrected chi connectivity index (χ4v) is 4.30. The second kappa shape index (κ2) is 9.27. The molecule has 5 nitrogen and oxygen atoms in total. The van der Waals surface area contributed by atoms with E-state index in [1.165, 1.54) is 22.5 Å². The molecule has 6 heteroatoms. The van der Waals surface area contributed by atoms with E-state index in [0.717, 1.165) is 15.9 Å². The van der Waals surface area contributed by atoms with Crippen LogP contribution in [0, 0.1) is 6.92 Å². The quantitative estimate of drug-likeness (QED) is 0.375. The zero-order valence-electron chi connectivity index (χ0n) is 17.9. The Balaban J connectivity index is 1.56. The molecule has 0 unspecified atom stereocenters. The Morgan fingerprint density at radius 2 is 1.90 bits per heavy atom. The molecule has 0 saturated heterocycles. The molecular weight excluding hydrogens is 406 g/mol. The fourth-order valence-electron chi connectivity index (χ4n) is 3.22. The Bertz CT molecular complexity index is 1170. The van der Waals surface area contributed by atoms with E-state index in [0.29, 0.717) is 23.3 Å². The van der Waals surface area contributed by atoms with Gasteiger partial charge >= 0.3 is 0 Å². The smallest absolute Gasteiger partial charge is 0.267 e. The number of ether oxygens (including phenoxy) is 1. The van der Waals surface area contributed by atoms with Gasteiger partial charge in [-0.1, -0.05) is 49.4 Å². The average molecular weight is 432 g/mol. The van der Waals surface area contributed by atoms with Crippen LogP contribution in [0.25, 0.3) is 10.2 Å². The lowest BCUT2D eigenvalue weighted by molar-refractivity contribution is -0.120. The van der Waals surface area contributed by atoms with Crippen molar-refractivity contribution in [3.63, 3.8) is 0 Å². The van der Waals surface area contributed by atoms with Gasteiger partial charge in [-0.05, 0) is 60.4 Å². The van der Waals surface area contributed by atoms with E-state index in [9.17, 15) is 4.79 Å². The van der Waals surface area contributed by atoms with E-state index >= 15 is 0 Å². The molecule has 1 amide bonds. The number of aryl methyl sites for hydroxylation is 1. The van der Waals surface area contributed by atoms with Gasteiger partial charge in [0.2, 0.25) is 0 Å². The van der Waals surface area contributed by atoms with Crippen molar-refractivity contribution in [2.24, 2.45) is 0 Å². The molecule has 0 spiro atoms. The van der Waals surface area contributed by atoms with Crippen LogP contribution in [0.3, 0.4) is 0 Å². The monoisotopic (exact) mass is 431 g/mol. The summed E-state index contributed by atoms with van der Waals surface area (Å²) in [5, 5.41) is 0.648. The van der Waals surface area contributed by atoms with Gasteiger partial charge in [0.1, 0.15) is 5.75 Å². The van der Waals surface area contributed by atoms with Gasteiger partial charge in [0.05, 0.1) is 22.5 Å². The predicted molar refractivity (Wildman–Crippen MR) is 126 cm³/mol. The van der Waals surface area contributed by atoms with Crippen LogP contribution in [0.15, 0.2) is 66.9 Å². The van der Waals surface area contributed by atoms with Crippen molar-refractivity contribution in [2.45, 2.75) is 33.2 Å². The molecule has 31 heavy (non-hydrogen) atoms. The van der Waals surface area contributed by atoms with Gasteiger partial charge in [-0.15, -0.1) is 0 Å². The minimum absolute atomic E-state index is 0.0667. The molecule has 4 rings (SSSR count). The number of pyridine rings is 1. The Morgan fingerprint density at radius 1 is 1.10 bits per heavy atom. The summed E-state index contributed by atoms with van der Waals surface area (Å²) in [6.07, 6.45) is 1.73. The maximum Gasteiger partial charge on any atom is 0.267 e. The number of carbonyl (C=O) groups excluding carboxylic acids is 1. The van der Waals surface area contributed by atoms with Crippen LogP contribution < -0.4 is 9.64 Å². The minimum Gasteiger partial charge on any atom is -0.484 e. The van der Waals surface area contributed by atoms with Crippen molar-refractivity contribution in [3.8, 4) is 5.75 Å². The van der Waals surface area contributed by atoms with E-state index in [1.54, 1.807) is 11.1 Å². The molecule has 0 bridgehead atoms. The number of fused-ring (bicyclic) bond motifs is 1. The lowest BCUT2D eigenvalue weighted by atomic mass is 10.0. The highest BCUT2D eigenvalue weighted by atomic mass is 32.1. The van der Waals surface area contributed by atoms with Crippen LogP contribution in [0.4, 0.5) is 5.13 Å². The second-order valence-corrected chi connectivity index (χ2v) is 8.79. The SMILES string of the molecule is Cc1ccc2nc(N(Cc3ccccn3)C(=O)COc3ccc(C(C)C)cc3)sc2c1. The van der Waals surface area contributed by atoms with E-state index in [2.05, 4.69) is 24.9 Å². The molecule has 2 aromatic heterocycles. The topological polar surface area (TPSA) is 55.3 Å². The van der Waals surface area contributed by atoms with Gasteiger partial charge in [0, 0.05) is 6.20 Å². The molecule has 0 aliphatic carbocycles. The highest BCUT2D eigenvalue weighted by molar-refractivity contribution is 7.22. The zero-order valence-corrected chi connectivity index (χ0v) is 18.7. The molecule has 2 aromatic carbocycles. The van der Waals surface area contributed by atoms with E-state index in [-0.39, 0.29) is 12.5 Å². The highest BCUT2D eigenvalue weighted by Crippen LogP contribution is 2.30. The van der Waals surface area contributed by atoms with Gasteiger partial charge in [-0.3, -0.25) is 14.7 Å². The summed E-state index contributed by atoms with van der Waals surface area (Å²) in [4.78, 5) is 23.9. The van der Waals surface area contributed by atoms with Crippen molar-refractivity contribution in [1.82, 2.24) is 9.97 Å². The number of hydrogen-bond donors (Lipinski definition) is 0. The van der Waals surface area contributed by atoms with Gasteiger partial charge in [-0.25, -0.2) is 4.98 Å². The van der Waals surface area contributed by atoms with Crippen LogP contribution in [0.2, 0.25) is 0 Å². The number of amides is 1. The first-order chi connectivity index (χ1) is 15.0. The number of thiazole rings is 1. The van der Waals surface area contributed by atoms with E-state index < -0.39 is 0 Å². The Hall–Kier alpha value is -3.25. The van der Waals surface area contributed by atoms with Crippen LogP contribution in [0.5, 0.6) is 5.75 Å². The summed E-state index contributed by atoms with van der Waals surface area (Å²) >= 11 is 1.50. The van der Waals surface area contributed by atoms with Crippen LogP contribution in [0.1, 0.15) is 36.6 Å². The highest BCUT2D eigenvalue weighted by Gasteiger charge is 2.21. The maximum atomic E-state index is 13.2. The Labute approximate surface area is 186 Å². The first-order valence-corrected chi connectivity index (χ1v) is 11.1. The molecule has 0 fully saturated rings. The molecule has 0 aliphatic heterocycles. The van der Waals surface area contributed by atoms with Crippen molar-refractivity contribution < 1.29 is 9.53 Å². The number of carbonyl (C=O) groups is 1. The molecule has 0 radical (unpaired) electrons. The summed E-state index contributed by atoms with van der Waals surface area (Å²) in [7, 11) is 0. The first-order valence-electron chi connectivity index (χ1n) is 10.3. The average Bonchev–Trinajstić information content (AvgIpc) is 3.19. The molecule has 0 aliphatic rings. The standard InChI is InChI=1S/C25H25N3O2S/c1-17(2)19-8-10-21(11-9-19)30-16-24(29)28(15-20-6-4-5-13-26-20)25-27-22-12-7-18(3)14-23(22)31-25/h4-14,17H,15-16H2,1-3H3. The predicted octanol–water partition coefficient (Wildman–Crippen LogP) is 5.74. The molecule has 158 valence electrons.